The van der Waals surface area contributed by atoms with Gasteiger partial charge in [0.1, 0.15) is 6.04 Å². The predicted molar refractivity (Wildman–Crippen MR) is 132 cm³/mol. The minimum Gasteiger partial charge on any atom is -0.480 e. The molecular formula is C25H27NO3S2. The lowest BCUT2D eigenvalue weighted by molar-refractivity contribution is -0.141. The van der Waals surface area contributed by atoms with Crippen molar-refractivity contribution < 1.29 is 14.7 Å². The average Bonchev–Trinajstić information content (AvgIpc) is 2.77. The molecule has 3 aromatic carbocycles. The molecule has 0 heterocycles. The smallest absolute Gasteiger partial charge is 0.327 e. The molecule has 0 saturated carbocycles. The molecule has 0 aliphatic heterocycles. The van der Waals surface area contributed by atoms with Crippen molar-refractivity contribution in [3.63, 3.8) is 0 Å². The fourth-order valence-electron chi connectivity index (χ4n) is 3.42. The molecule has 3 rings (SSSR count). The van der Waals surface area contributed by atoms with Crippen LogP contribution in [0.25, 0.3) is 10.8 Å². The quantitative estimate of drug-likeness (QED) is 0.388. The molecule has 0 bridgehead atoms. The molecule has 0 aliphatic rings. The number of hydrogen-bond donors (Lipinski definition) is 3. The van der Waals surface area contributed by atoms with Crippen LogP contribution in [0.4, 0.5) is 0 Å². The van der Waals surface area contributed by atoms with Crippen LogP contribution in [0.5, 0.6) is 0 Å². The standard InChI is InChI=1S/C25H27NO3S2/c1-17-9-11-18(12-10-17)15-31-16-23(25(28)29)26-24(27)21(14-30)13-20-7-4-6-19-5-2-3-8-22(19)20/h2-12,21,23,30H,13-16H2,1H3,(H,26,27)(H,28,29)/t21-,23-/m1/s1. The Hall–Kier alpha value is -2.44. The van der Waals surface area contributed by atoms with Gasteiger partial charge in [-0.15, -0.1) is 0 Å². The number of carboxylic acids is 1. The van der Waals surface area contributed by atoms with Crippen LogP contribution in [0.3, 0.4) is 0 Å². The largest absolute Gasteiger partial charge is 0.480 e. The number of benzene rings is 3. The van der Waals surface area contributed by atoms with E-state index in [1.807, 2.05) is 73.7 Å². The maximum atomic E-state index is 12.9. The molecule has 0 saturated heterocycles. The van der Waals surface area contributed by atoms with Crippen molar-refractivity contribution in [2.45, 2.75) is 25.1 Å². The molecule has 162 valence electrons. The van der Waals surface area contributed by atoms with Crippen LogP contribution in [-0.2, 0) is 21.8 Å². The summed E-state index contributed by atoms with van der Waals surface area (Å²) in [6.07, 6.45) is 0.513. The lowest BCUT2D eigenvalue weighted by Gasteiger charge is -2.20. The van der Waals surface area contributed by atoms with Crippen molar-refractivity contribution in [2.24, 2.45) is 5.92 Å². The van der Waals surface area contributed by atoms with Gasteiger partial charge in [0.2, 0.25) is 5.91 Å². The fraction of sp³-hybridized carbons (Fsp3) is 0.280. The summed E-state index contributed by atoms with van der Waals surface area (Å²) < 4.78 is 0. The molecule has 2 N–H and O–H groups in total. The monoisotopic (exact) mass is 453 g/mol. The van der Waals surface area contributed by atoms with Crippen LogP contribution in [-0.4, -0.2) is 34.5 Å². The number of aryl methyl sites for hydroxylation is 1. The molecular weight excluding hydrogens is 426 g/mol. The second kappa shape index (κ2) is 11.3. The van der Waals surface area contributed by atoms with Crippen LogP contribution in [0.15, 0.2) is 66.7 Å². The summed E-state index contributed by atoms with van der Waals surface area (Å²) in [5, 5.41) is 14.5. The number of nitrogens with one attached hydrogen (secondary N) is 1. The third-order valence-electron chi connectivity index (χ3n) is 5.23. The molecule has 0 aromatic heterocycles. The second-order valence-electron chi connectivity index (χ2n) is 7.62. The van der Waals surface area contributed by atoms with Crippen molar-refractivity contribution >= 4 is 47.0 Å². The SMILES string of the molecule is Cc1ccc(CSC[C@@H](NC(=O)[C@@H](CS)Cc2cccc3ccccc23)C(=O)O)cc1. The Kier molecular flexibility index (Phi) is 8.43. The normalized spacial score (nSPS) is 13.0. The maximum Gasteiger partial charge on any atom is 0.327 e. The minimum absolute atomic E-state index is 0.272. The van der Waals surface area contributed by atoms with E-state index >= 15 is 0 Å². The summed E-state index contributed by atoms with van der Waals surface area (Å²) in [7, 11) is 0. The van der Waals surface area contributed by atoms with E-state index in [-0.39, 0.29) is 5.91 Å². The van der Waals surface area contributed by atoms with Gasteiger partial charge < -0.3 is 10.4 Å². The third kappa shape index (κ3) is 6.52. The van der Waals surface area contributed by atoms with E-state index in [0.717, 1.165) is 21.9 Å². The molecule has 31 heavy (non-hydrogen) atoms. The highest BCUT2D eigenvalue weighted by Crippen LogP contribution is 2.22. The highest BCUT2D eigenvalue weighted by molar-refractivity contribution is 7.98. The number of carbonyl (C=O) groups excluding carboxylic acids is 1. The minimum atomic E-state index is -1.02. The van der Waals surface area contributed by atoms with Crippen LogP contribution >= 0.6 is 24.4 Å². The van der Waals surface area contributed by atoms with Crippen molar-refractivity contribution in [1.82, 2.24) is 5.32 Å². The lowest BCUT2D eigenvalue weighted by atomic mass is 9.95. The molecule has 0 unspecified atom stereocenters. The summed E-state index contributed by atoms with van der Waals surface area (Å²) in [4.78, 5) is 24.6. The first-order chi connectivity index (χ1) is 15.0. The van der Waals surface area contributed by atoms with Crippen molar-refractivity contribution in [3.8, 4) is 0 Å². The van der Waals surface area contributed by atoms with Crippen molar-refractivity contribution in [3.05, 3.63) is 83.4 Å². The van der Waals surface area contributed by atoms with E-state index in [0.29, 0.717) is 23.7 Å². The summed E-state index contributed by atoms with van der Waals surface area (Å²) in [5.41, 5.74) is 3.39. The van der Waals surface area contributed by atoms with Gasteiger partial charge in [-0.3, -0.25) is 4.79 Å². The molecule has 1 amide bonds. The van der Waals surface area contributed by atoms with E-state index in [9.17, 15) is 14.7 Å². The number of aliphatic carboxylic acids is 1. The molecule has 4 nitrogen and oxygen atoms in total. The van der Waals surface area contributed by atoms with E-state index in [2.05, 4.69) is 17.9 Å². The number of hydrogen-bond acceptors (Lipinski definition) is 4. The highest BCUT2D eigenvalue weighted by Gasteiger charge is 2.25. The van der Waals surface area contributed by atoms with Gasteiger partial charge in [0.05, 0.1) is 5.92 Å². The Morgan fingerprint density at radius 3 is 2.45 bits per heavy atom. The predicted octanol–water partition coefficient (Wildman–Crippen LogP) is 4.74. The number of amides is 1. The molecule has 0 fully saturated rings. The Morgan fingerprint density at radius 1 is 1.03 bits per heavy atom. The zero-order valence-corrected chi connectivity index (χ0v) is 19.2. The van der Waals surface area contributed by atoms with E-state index in [4.69, 9.17) is 0 Å². The number of rotatable bonds is 10. The number of carboxylic acid groups (broad SMARTS) is 1. The van der Waals surface area contributed by atoms with Gasteiger partial charge in [-0.2, -0.15) is 24.4 Å². The first-order valence-corrected chi connectivity index (χ1v) is 12.0. The van der Waals surface area contributed by atoms with Gasteiger partial charge >= 0.3 is 5.97 Å². The Labute approximate surface area is 192 Å². The van der Waals surface area contributed by atoms with Crippen LogP contribution in [0, 0.1) is 12.8 Å². The van der Waals surface area contributed by atoms with E-state index < -0.39 is 17.9 Å². The second-order valence-corrected chi connectivity index (χ2v) is 9.02. The number of thioether (sulfide) groups is 1. The number of thiol groups is 1. The molecule has 0 spiro atoms. The fourth-order valence-corrected chi connectivity index (χ4v) is 4.72. The molecule has 0 aliphatic carbocycles. The Morgan fingerprint density at radius 2 is 1.74 bits per heavy atom. The van der Waals surface area contributed by atoms with Crippen LogP contribution in [0.2, 0.25) is 0 Å². The summed E-state index contributed by atoms with van der Waals surface area (Å²) >= 11 is 5.87. The summed E-state index contributed by atoms with van der Waals surface area (Å²) in [5.74, 6) is -0.344. The van der Waals surface area contributed by atoms with Crippen molar-refractivity contribution in [1.29, 1.82) is 0 Å². The zero-order valence-electron chi connectivity index (χ0n) is 17.5. The summed E-state index contributed by atoms with van der Waals surface area (Å²) in [6.45, 7) is 2.03. The summed E-state index contributed by atoms with van der Waals surface area (Å²) in [6, 6.07) is 21.3. The van der Waals surface area contributed by atoms with Crippen molar-refractivity contribution in [2.75, 3.05) is 11.5 Å². The Balaban J connectivity index is 1.61. The lowest BCUT2D eigenvalue weighted by Crippen LogP contribution is -2.46. The number of fused-ring (bicyclic) bond motifs is 1. The highest BCUT2D eigenvalue weighted by atomic mass is 32.2. The number of carbonyl (C=O) groups is 2. The van der Waals surface area contributed by atoms with Crippen LogP contribution < -0.4 is 5.32 Å². The van der Waals surface area contributed by atoms with Gasteiger partial charge in [0.15, 0.2) is 0 Å². The van der Waals surface area contributed by atoms with Crippen LogP contribution in [0.1, 0.15) is 16.7 Å². The van der Waals surface area contributed by atoms with Gasteiger partial charge in [-0.05, 0) is 35.2 Å². The third-order valence-corrected chi connectivity index (χ3v) is 6.77. The maximum absolute atomic E-state index is 12.9. The molecule has 3 aromatic rings. The first kappa shape index (κ1) is 23.2. The molecule has 0 radical (unpaired) electrons. The average molecular weight is 454 g/mol. The van der Waals surface area contributed by atoms with Gasteiger partial charge in [-0.25, -0.2) is 4.79 Å². The zero-order chi connectivity index (χ0) is 22.2. The molecule has 6 heteroatoms. The topological polar surface area (TPSA) is 66.4 Å². The van der Waals surface area contributed by atoms with Gasteiger partial charge in [0.25, 0.3) is 0 Å². The Bertz CT molecular complexity index is 1030. The molecule has 2 atom stereocenters. The van der Waals surface area contributed by atoms with Gasteiger partial charge in [-0.1, -0.05) is 72.3 Å². The van der Waals surface area contributed by atoms with E-state index in [1.165, 1.54) is 17.3 Å². The van der Waals surface area contributed by atoms with Gasteiger partial charge in [0, 0.05) is 17.3 Å². The first-order valence-electron chi connectivity index (χ1n) is 10.2. The van der Waals surface area contributed by atoms with E-state index in [1.54, 1.807) is 0 Å².